The number of aromatic nitrogens is 2. The summed E-state index contributed by atoms with van der Waals surface area (Å²) in [6.45, 7) is 4.25. The van der Waals surface area contributed by atoms with Crippen LogP contribution < -0.4 is 0 Å². The van der Waals surface area contributed by atoms with Crippen LogP contribution in [0.15, 0.2) is 41.8 Å². The third-order valence-electron chi connectivity index (χ3n) is 4.54. The maximum absolute atomic E-state index is 12.5. The summed E-state index contributed by atoms with van der Waals surface area (Å²) in [7, 11) is 0. The molecule has 0 aliphatic heterocycles. The van der Waals surface area contributed by atoms with Crippen LogP contribution in [-0.4, -0.2) is 15.5 Å². The van der Waals surface area contributed by atoms with E-state index in [0.29, 0.717) is 11.6 Å². The smallest absolute Gasteiger partial charge is 0.340 e. The van der Waals surface area contributed by atoms with E-state index in [1.807, 2.05) is 48.7 Å². The summed E-state index contributed by atoms with van der Waals surface area (Å²) in [5, 5.41) is 2.89. The zero-order chi connectivity index (χ0) is 17.4. The van der Waals surface area contributed by atoms with Crippen LogP contribution >= 0.6 is 11.3 Å². The minimum atomic E-state index is -0.269. The van der Waals surface area contributed by atoms with Gasteiger partial charge >= 0.3 is 5.97 Å². The summed E-state index contributed by atoms with van der Waals surface area (Å²) in [5.74, 6) is -0.269. The molecule has 0 N–H and O–H groups in total. The summed E-state index contributed by atoms with van der Waals surface area (Å²) in [6, 6.07) is 12.5. The molecule has 0 amide bonds. The molecular weight excluding hydrogens is 332 g/mol. The van der Waals surface area contributed by atoms with Crippen LogP contribution in [0.3, 0.4) is 0 Å². The van der Waals surface area contributed by atoms with Crippen molar-refractivity contribution in [2.45, 2.75) is 39.3 Å². The van der Waals surface area contributed by atoms with Gasteiger partial charge in [-0.25, -0.2) is 9.78 Å². The standard InChI is InChI=1S/C20H20N2O2S/c1-13-10-18(14(2)22(13)17-8-9-17)20(23)24-11-16-12-25-19(21-16)15-6-4-3-5-7-15/h3-7,10,12,17H,8-9,11H2,1-2H3. The molecule has 0 atom stereocenters. The van der Waals surface area contributed by atoms with Gasteiger partial charge in [0.25, 0.3) is 0 Å². The van der Waals surface area contributed by atoms with Gasteiger partial charge < -0.3 is 9.30 Å². The van der Waals surface area contributed by atoms with Gasteiger partial charge in [-0.05, 0) is 32.8 Å². The molecule has 2 aromatic heterocycles. The van der Waals surface area contributed by atoms with E-state index in [0.717, 1.165) is 27.7 Å². The highest BCUT2D eigenvalue weighted by molar-refractivity contribution is 7.13. The molecule has 0 saturated heterocycles. The molecule has 1 aromatic carbocycles. The molecule has 25 heavy (non-hydrogen) atoms. The van der Waals surface area contributed by atoms with Crippen molar-refractivity contribution in [1.82, 2.24) is 9.55 Å². The maximum Gasteiger partial charge on any atom is 0.340 e. The number of hydrogen-bond donors (Lipinski definition) is 0. The molecule has 1 aliphatic rings. The first-order chi connectivity index (χ1) is 12.1. The van der Waals surface area contributed by atoms with Gasteiger partial charge in [0.1, 0.15) is 11.6 Å². The molecular formula is C20H20N2O2S. The number of carbonyl (C=O) groups excluding carboxylic acids is 1. The molecule has 4 nitrogen and oxygen atoms in total. The summed E-state index contributed by atoms with van der Waals surface area (Å²) < 4.78 is 7.76. The maximum atomic E-state index is 12.5. The second-order valence-electron chi connectivity index (χ2n) is 6.47. The number of benzene rings is 1. The number of aryl methyl sites for hydroxylation is 1. The number of esters is 1. The Labute approximate surface area is 151 Å². The normalized spacial score (nSPS) is 13.8. The topological polar surface area (TPSA) is 44.1 Å². The van der Waals surface area contributed by atoms with Gasteiger partial charge in [0.15, 0.2) is 0 Å². The Morgan fingerprint density at radius 3 is 2.76 bits per heavy atom. The lowest BCUT2D eigenvalue weighted by Crippen LogP contribution is -2.07. The van der Waals surface area contributed by atoms with Gasteiger partial charge in [0.2, 0.25) is 0 Å². The van der Waals surface area contributed by atoms with Crippen molar-refractivity contribution >= 4 is 17.3 Å². The largest absolute Gasteiger partial charge is 0.455 e. The van der Waals surface area contributed by atoms with Crippen molar-refractivity contribution in [2.24, 2.45) is 0 Å². The molecule has 3 aromatic rings. The van der Waals surface area contributed by atoms with Crippen molar-refractivity contribution in [1.29, 1.82) is 0 Å². The second-order valence-corrected chi connectivity index (χ2v) is 7.33. The molecule has 128 valence electrons. The SMILES string of the molecule is Cc1cc(C(=O)OCc2csc(-c3ccccc3)n2)c(C)n1C1CC1. The molecule has 0 unspecified atom stereocenters. The number of thiazole rings is 1. The first-order valence-electron chi connectivity index (χ1n) is 8.49. The monoisotopic (exact) mass is 352 g/mol. The Balaban J connectivity index is 1.44. The first-order valence-corrected chi connectivity index (χ1v) is 9.37. The molecule has 4 rings (SSSR count). The van der Waals surface area contributed by atoms with Crippen LogP contribution in [-0.2, 0) is 11.3 Å². The van der Waals surface area contributed by atoms with Crippen molar-refractivity contribution < 1.29 is 9.53 Å². The van der Waals surface area contributed by atoms with Crippen LogP contribution in [0.25, 0.3) is 10.6 Å². The Morgan fingerprint density at radius 2 is 2.04 bits per heavy atom. The minimum Gasteiger partial charge on any atom is -0.455 e. The van der Waals surface area contributed by atoms with E-state index in [1.54, 1.807) is 11.3 Å². The number of hydrogen-bond acceptors (Lipinski definition) is 4. The van der Waals surface area contributed by atoms with Crippen molar-refractivity contribution in [2.75, 3.05) is 0 Å². The number of ether oxygens (including phenoxy) is 1. The third kappa shape index (κ3) is 3.24. The zero-order valence-electron chi connectivity index (χ0n) is 14.4. The van der Waals surface area contributed by atoms with Crippen molar-refractivity contribution in [3.63, 3.8) is 0 Å². The van der Waals surface area contributed by atoms with Gasteiger partial charge in [-0.3, -0.25) is 0 Å². The second kappa shape index (κ2) is 6.48. The Bertz CT molecular complexity index is 907. The van der Waals surface area contributed by atoms with E-state index < -0.39 is 0 Å². The average Bonchev–Trinajstić information content (AvgIpc) is 3.25. The molecule has 0 spiro atoms. The van der Waals surface area contributed by atoms with E-state index in [1.165, 1.54) is 12.8 Å². The van der Waals surface area contributed by atoms with Gasteiger partial charge in [0, 0.05) is 28.4 Å². The first kappa shape index (κ1) is 16.1. The van der Waals surface area contributed by atoms with E-state index >= 15 is 0 Å². The highest BCUT2D eigenvalue weighted by Crippen LogP contribution is 2.38. The predicted octanol–water partition coefficient (Wildman–Crippen LogP) is 4.92. The van der Waals surface area contributed by atoms with Crippen LogP contribution in [0.4, 0.5) is 0 Å². The van der Waals surface area contributed by atoms with Gasteiger partial charge in [-0.2, -0.15) is 0 Å². The molecule has 0 bridgehead atoms. The van der Waals surface area contributed by atoms with Crippen LogP contribution in [0.1, 0.15) is 46.3 Å². The van der Waals surface area contributed by atoms with Crippen LogP contribution in [0.5, 0.6) is 0 Å². The lowest BCUT2D eigenvalue weighted by atomic mass is 10.2. The zero-order valence-corrected chi connectivity index (χ0v) is 15.2. The number of rotatable bonds is 5. The third-order valence-corrected chi connectivity index (χ3v) is 5.48. The fraction of sp³-hybridized carbons (Fsp3) is 0.300. The van der Waals surface area contributed by atoms with Crippen molar-refractivity contribution in [3.05, 3.63) is 64.4 Å². The van der Waals surface area contributed by atoms with Crippen molar-refractivity contribution in [3.8, 4) is 10.6 Å². The van der Waals surface area contributed by atoms with Gasteiger partial charge in [0.05, 0.1) is 11.3 Å². The Hall–Kier alpha value is -2.40. The van der Waals surface area contributed by atoms with E-state index in [4.69, 9.17) is 4.74 Å². The summed E-state index contributed by atoms with van der Waals surface area (Å²) in [5.41, 5.74) is 4.68. The molecule has 1 fully saturated rings. The molecule has 1 aliphatic carbocycles. The lowest BCUT2D eigenvalue weighted by molar-refractivity contribution is 0.0467. The van der Waals surface area contributed by atoms with E-state index in [-0.39, 0.29) is 12.6 Å². The van der Waals surface area contributed by atoms with E-state index in [9.17, 15) is 4.79 Å². The highest BCUT2D eigenvalue weighted by Gasteiger charge is 2.28. The number of carbonyl (C=O) groups is 1. The Kier molecular flexibility index (Phi) is 4.17. The summed E-state index contributed by atoms with van der Waals surface area (Å²) in [4.78, 5) is 17.0. The average molecular weight is 352 g/mol. The Morgan fingerprint density at radius 1 is 1.28 bits per heavy atom. The highest BCUT2D eigenvalue weighted by atomic mass is 32.1. The molecule has 0 radical (unpaired) electrons. The summed E-state index contributed by atoms with van der Waals surface area (Å²) >= 11 is 1.57. The lowest BCUT2D eigenvalue weighted by Gasteiger charge is -2.07. The molecule has 5 heteroatoms. The fourth-order valence-corrected chi connectivity index (χ4v) is 3.99. The van der Waals surface area contributed by atoms with E-state index in [2.05, 4.69) is 16.5 Å². The predicted molar refractivity (Wildman–Crippen MR) is 98.8 cm³/mol. The summed E-state index contributed by atoms with van der Waals surface area (Å²) in [6.07, 6.45) is 2.40. The minimum absolute atomic E-state index is 0.204. The quantitative estimate of drug-likeness (QED) is 0.612. The van der Waals surface area contributed by atoms with Gasteiger partial charge in [-0.1, -0.05) is 30.3 Å². The molecule has 1 saturated carbocycles. The van der Waals surface area contributed by atoms with Crippen LogP contribution in [0, 0.1) is 13.8 Å². The fourth-order valence-electron chi connectivity index (χ4n) is 3.18. The molecule has 2 heterocycles. The number of nitrogens with zero attached hydrogens (tertiary/aromatic N) is 2. The van der Waals surface area contributed by atoms with Gasteiger partial charge in [-0.15, -0.1) is 11.3 Å². The van der Waals surface area contributed by atoms with Crippen LogP contribution in [0.2, 0.25) is 0 Å².